The Balaban J connectivity index is 1.70. The first kappa shape index (κ1) is 14.3. The summed E-state index contributed by atoms with van der Waals surface area (Å²) in [6.07, 6.45) is 7.04. The Hall–Kier alpha value is -0.610. The van der Waals surface area contributed by atoms with Crippen molar-refractivity contribution in [3.05, 3.63) is 0 Å². The quantitative estimate of drug-likeness (QED) is 0.790. The molecule has 5 atom stereocenters. The van der Waals surface area contributed by atoms with Crippen LogP contribution < -0.4 is 5.73 Å². The summed E-state index contributed by atoms with van der Waals surface area (Å²) in [7, 11) is 2.23. The number of likely N-dealkylation sites (tertiary alicyclic amines) is 1. The molecule has 1 saturated carbocycles. The number of fused-ring (bicyclic) bond motifs is 2. The first-order valence-electron chi connectivity index (χ1n) is 8.34. The van der Waals surface area contributed by atoms with Crippen LogP contribution >= 0.6 is 0 Å². The van der Waals surface area contributed by atoms with Crippen LogP contribution in [0.15, 0.2) is 0 Å². The van der Waals surface area contributed by atoms with Crippen LogP contribution in [0.1, 0.15) is 45.4 Å². The molecule has 3 aliphatic rings. The first-order valence-corrected chi connectivity index (χ1v) is 8.34. The summed E-state index contributed by atoms with van der Waals surface area (Å²) in [6.45, 7) is 4.06. The van der Waals surface area contributed by atoms with Gasteiger partial charge in [0.15, 0.2) is 0 Å². The molecule has 3 fully saturated rings. The number of likely N-dealkylation sites (N-methyl/N-ethyl adjacent to an activating group) is 1. The summed E-state index contributed by atoms with van der Waals surface area (Å²) < 4.78 is 0. The summed E-state index contributed by atoms with van der Waals surface area (Å²) in [5.41, 5.74) is 6.26. The van der Waals surface area contributed by atoms with Crippen LogP contribution in [0, 0.1) is 11.8 Å². The van der Waals surface area contributed by atoms with Gasteiger partial charge in [-0.15, -0.1) is 0 Å². The first-order chi connectivity index (χ1) is 9.58. The largest absolute Gasteiger partial charge is 0.341 e. The van der Waals surface area contributed by atoms with Crippen molar-refractivity contribution in [3.63, 3.8) is 0 Å². The average molecular weight is 279 g/mol. The van der Waals surface area contributed by atoms with Gasteiger partial charge in [-0.1, -0.05) is 13.3 Å². The zero-order chi connectivity index (χ0) is 14.3. The molecule has 114 valence electrons. The van der Waals surface area contributed by atoms with Gasteiger partial charge in [-0.05, 0) is 45.1 Å². The molecule has 5 unspecified atom stereocenters. The van der Waals surface area contributed by atoms with Gasteiger partial charge in [0.05, 0.1) is 5.92 Å². The van der Waals surface area contributed by atoms with Crippen LogP contribution in [-0.4, -0.2) is 54.0 Å². The predicted molar refractivity (Wildman–Crippen MR) is 80.3 cm³/mol. The van der Waals surface area contributed by atoms with Gasteiger partial charge in [-0.2, -0.15) is 0 Å². The normalized spacial score (nSPS) is 42.5. The third kappa shape index (κ3) is 2.48. The molecule has 4 heteroatoms. The van der Waals surface area contributed by atoms with Crippen molar-refractivity contribution in [2.45, 2.75) is 63.6 Å². The number of carbonyl (C=O) groups is 1. The lowest BCUT2D eigenvalue weighted by molar-refractivity contribution is -0.139. The minimum Gasteiger partial charge on any atom is -0.341 e. The third-order valence-corrected chi connectivity index (χ3v) is 6.02. The molecule has 2 bridgehead atoms. The number of hydrogen-bond donors (Lipinski definition) is 1. The fraction of sp³-hybridized carbons (Fsp3) is 0.938. The number of nitrogens with two attached hydrogens (primary N) is 1. The fourth-order valence-electron chi connectivity index (χ4n) is 4.60. The van der Waals surface area contributed by atoms with Gasteiger partial charge in [0, 0.05) is 31.2 Å². The molecule has 3 rings (SSSR count). The van der Waals surface area contributed by atoms with Gasteiger partial charge in [-0.25, -0.2) is 0 Å². The molecule has 0 spiro atoms. The van der Waals surface area contributed by atoms with Crippen molar-refractivity contribution in [1.82, 2.24) is 9.80 Å². The molecule has 2 N–H and O–H groups in total. The van der Waals surface area contributed by atoms with E-state index in [4.69, 9.17) is 5.73 Å². The highest BCUT2D eigenvalue weighted by atomic mass is 16.2. The molecule has 1 amide bonds. The molecule has 0 aromatic carbocycles. The smallest absolute Gasteiger partial charge is 0.227 e. The zero-order valence-electron chi connectivity index (χ0n) is 12.9. The van der Waals surface area contributed by atoms with Crippen molar-refractivity contribution in [3.8, 4) is 0 Å². The van der Waals surface area contributed by atoms with Crippen molar-refractivity contribution in [2.24, 2.45) is 17.6 Å². The Morgan fingerprint density at radius 3 is 2.60 bits per heavy atom. The van der Waals surface area contributed by atoms with E-state index in [-0.39, 0.29) is 12.0 Å². The summed E-state index contributed by atoms with van der Waals surface area (Å²) in [4.78, 5) is 17.6. The molecule has 2 heterocycles. The molecule has 20 heavy (non-hydrogen) atoms. The highest BCUT2D eigenvalue weighted by Crippen LogP contribution is 2.33. The monoisotopic (exact) mass is 279 g/mol. The second-order valence-corrected chi connectivity index (χ2v) is 7.22. The van der Waals surface area contributed by atoms with E-state index in [9.17, 15) is 4.79 Å². The number of rotatable bonds is 1. The lowest BCUT2D eigenvalue weighted by Crippen LogP contribution is -2.50. The lowest BCUT2D eigenvalue weighted by Gasteiger charge is -2.37. The lowest BCUT2D eigenvalue weighted by atomic mass is 9.76. The van der Waals surface area contributed by atoms with Crippen LogP contribution in [0.5, 0.6) is 0 Å². The average Bonchev–Trinajstić information content (AvgIpc) is 2.62. The standard InChI is InChI=1S/C16H29N3O/c1-11-4-3-5-14(17)15(11)16(20)19-9-8-12-6-7-13(10-19)18(12)2/h11-15H,3-10,17H2,1-2H3. The zero-order valence-corrected chi connectivity index (χ0v) is 12.9. The second-order valence-electron chi connectivity index (χ2n) is 7.22. The van der Waals surface area contributed by atoms with Gasteiger partial charge in [0.2, 0.25) is 5.91 Å². The number of amides is 1. The van der Waals surface area contributed by atoms with Gasteiger partial charge in [0.25, 0.3) is 0 Å². The Labute approximate surface area is 122 Å². The maximum Gasteiger partial charge on any atom is 0.227 e. The maximum absolute atomic E-state index is 12.9. The van der Waals surface area contributed by atoms with Crippen LogP contribution in [-0.2, 0) is 4.79 Å². The highest BCUT2D eigenvalue weighted by Gasteiger charge is 2.40. The summed E-state index contributed by atoms with van der Waals surface area (Å²) in [5.74, 6) is 0.848. The third-order valence-electron chi connectivity index (χ3n) is 6.02. The van der Waals surface area contributed by atoms with Gasteiger partial charge in [-0.3, -0.25) is 9.69 Å². The van der Waals surface area contributed by atoms with Crippen LogP contribution in [0.25, 0.3) is 0 Å². The maximum atomic E-state index is 12.9. The molecule has 4 nitrogen and oxygen atoms in total. The van der Waals surface area contributed by atoms with Crippen molar-refractivity contribution >= 4 is 5.91 Å². The van der Waals surface area contributed by atoms with E-state index < -0.39 is 0 Å². The summed E-state index contributed by atoms with van der Waals surface area (Å²) >= 11 is 0. The Morgan fingerprint density at radius 2 is 1.85 bits per heavy atom. The fourth-order valence-corrected chi connectivity index (χ4v) is 4.60. The minimum atomic E-state index is 0.0608. The minimum absolute atomic E-state index is 0.0608. The molecule has 2 saturated heterocycles. The molecule has 0 aromatic rings. The highest BCUT2D eigenvalue weighted by molar-refractivity contribution is 5.80. The van der Waals surface area contributed by atoms with E-state index >= 15 is 0 Å². The Kier molecular flexibility index (Phi) is 4.04. The second kappa shape index (κ2) is 5.64. The molecule has 0 radical (unpaired) electrons. The SMILES string of the molecule is CC1CCCC(N)C1C(=O)N1CCC2CCC(C1)N2C. The van der Waals surface area contributed by atoms with Gasteiger partial charge >= 0.3 is 0 Å². The van der Waals surface area contributed by atoms with Crippen molar-refractivity contribution < 1.29 is 4.79 Å². The number of nitrogens with zero attached hydrogens (tertiary/aromatic N) is 2. The molecular formula is C16H29N3O. The Morgan fingerprint density at radius 1 is 1.10 bits per heavy atom. The van der Waals surface area contributed by atoms with E-state index in [1.54, 1.807) is 0 Å². The van der Waals surface area contributed by atoms with Crippen LogP contribution in [0.4, 0.5) is 0 Å². The van der Waals surface area contributed by atoms with E-state index in [0.29, 0.717) is 23.9 Å². The predicted octanol–water partition coefficient (Wildman–Crippen LogP) is 1.45. The van der Waals surface area contributed by atoms with E-state index in [0.717, 1.165) is 32.4 Å². The molecule has 1 aliphatic carbocycles. The number of hydrogen-bond acceptors (Lipinski definition) is 3. The summed E-state index contributed by atoms with van der Waals surface area (Å²) in [5, 5.41) is 0. The van der Waals surface area contributed by atoms with Gasteiger partial charge < -0.3 is 10.6 Å². The molecule has 2 aliphatic heterocycles. The van der Waals surface area contributed by atoms with E-state index in [1.807, 2.05) is 0 Å². The Bertz CT molecular complexity index is 363. The molecule has 0 aromatic heterocycles. The number of carbonyl (C=O) groups excluding carboxylic acids is 1. The van der Waals surface area contributed by atoms with E-state index in [2.05, 4.69) is 23.8 Å². The van der Waals surface area contributed by atoms with E-state index in [1.165, 1.54) is 19.3 Å². The van der Waals surface area contributed by atoms with Gasteiger partial charge in [0.1, 0.15) is 0 Å². The van der Waals surface area contributed by atoms with Crippen molar-refractivity contribution in [2.75, 3.05) is 20.1 Å². The van der Waals surface area contributed by atoms with Crippen LogP contribution in [0.3, 0.4) is 0 Å². The summed E-state index contributed by atoms with van der Waals surface area (Å²) in [6, 6.07) is 1.33. The molecular weight excluding hydrogens is 250 g/mol. The van der Waals surface area contributed by atoms with Crippen molar-refractivity contribution in [1.29, 1.82) is 0 Å². The van der Waals surface area contributed by atoms with Crippen LogP contribution in [0.2, 0.25) is 0 Å². The topological polar surface area (TPSA) is 49.6 Å².